The van der Waals surface area contributed by atoms with Gasteiger partial charge in [-0.05, 0) is 41.8 Å². The fraction of sp³-hybridized carbons (Fsp3) is 0.444. The monoisotopic (exact) mass is 282 g/mol. The van der Waals surface area contributed by atoms with Gasteiger partial charge < -0.3 is 10.1 Å². The van der Waals surface area contributed by atoms with E-state index >= 15 is 0 Å². The van der Waals surface area contributed by atoms with Gasteiger partial charge >= 0.3 is 0 Å². The lowest BCUT2D eigenvalue weighted by Crippen LogP contribution is -2.25. The van der Waals surface area contributed by atoms with E-state index in [2.05, 4.69) is 46.6 Å². The molecule has 2 aliphatic rings. The van der Waals surface area contributed by atoms with Gasteiger partial charge in [-0.3, -0.25) is 4.90 Å². The smallest absolute Gasteiger partial charge is 0.123 e. The van der Waals surface area contributed by atoms with Gasteiger partial charge in [0.15, 0.2) is 0 Å². The minimum absolute atomic E-state index is 0.839. The van der Waals surface area contributed by atoms with Crippen molar-refractivity contribution in [2.45, 2.75) is 6.54 Å². The summed E-state index contributed by atoms with van der Waals surface area (Å²) in [4.78, 5) is 2.60. The molecule has 2 heterocycles. The molecule has 4 rings (SSSR count). The maximum absolute atomic E-state index is 5.62. The molecule has 0 bridgehead atoms. The number of nitrogens with zero attached hydrogens (tertiary/aromatic N) is 1. The lowest BCUT2D eigenvalue weighted by atomic mass is 10.0. The van der Waals surface area contributed by atoms with Gasteiger partial charge in [0.05, 0.1) is 7.11 Å². The predicted molar refractivity (Wildman–Crippen MR) is 85.6 cm³/mol. The van der Waals surface area contributed by atoms with E-state index in [-0.39, 0.29) is 0 Å². The van der Waals surface area contributed by atoms with Crippen molar-refractivity contribution in [1.82, 2.24) is 10.2 Å². The van der Waals surface area contributed by atoms with Crippen molar-refractivity contribution < 1.29 is 4.74 Å². The van der Waals surface area contributed by atoms with Crippen molar-refractivity contribution in [3.63, 3.8) is 0 Å². The van der Waals surface area contributed by atoms with Crippen LogP contribution in [-0.4, -0.2) is 38.2 Å². The molecule has 0 aromatic heterocycles. The van der Waals surface area contributed by atoms with Crippen LogP contribution >= 0.6 is 0 Å². The second-order valence-electron chi connectivity index (χ2n) is 6.34. The minimum Gasteiger partial charge on any atom is -0.496 e. The van der Waals surface area contributed by atoms with E-state index in [0.29, 0.717) is 0 Å². The van der Waals surface area contributed by atoms with Crippen molar-refractivity contribution in [2.24, 2.45) is 11.8 Å². The quantitative estimate of drug-likeness (QED) is 0.936. The zero-order chi connectivity index (χ0) is 14.2. The third-order valence-electron chi connectivity index (χ3n) is 5.06. The van der Waals surface area contributed by atoms with Crippen LogP contribution in [0.2, 0.25) is 0 Å². The number of hydrogen-bond acceptors (Lipinski definition) is 3. The molecule has 0 amide bonds. The molecular weight excluding hydrogens is 260 g/mol. The van der Waals surface area contributed by atoms with Crippen LogP contribution in [0.15, 0.2) is 36.4 Å². The lowest BCUT2D eigenvalue weighted by Gasteiger charge is -2.20. The van der Waals surface area contributed by atoms with Gasteiger partial charge in [0.25, 0.3) is 0 Å². The van der Waals surface area contributed by atoms with Gasteiger partial charge in [0.2, 0.25) is 0 Å². The molecule has 3 heteroatoms. The van der Waals surface area contributed by atoms with Gasteiger partial charge in [0, 0.05) is 25.2 Å². The van der Waals surface area contributed by atoms with E-state index in [9.17, 15) is 0 Å². The molecule has 21 heavy (non-hydrogen) atoms. The van der Waals surface area contributed by atoms with Crippen LogP contribution in [0.5, 0.6) is 5.75 Å². The molecule has 2 saturated heterocycles. The number of ether oxygens (including phenoxy) is 1. The summed E-state index contributed by atoms with van der Waals surface area (Å²) in [6, 6.07) is 12.9. The summed E-state index contributed by atoms with van der Waals surface area (Å²) >= 11 is 0. The van der Waals surface area contributed by atoms with Crippen LogP contribution in [0.4, 0.5) is 0 Å². The van der Waals surface area contributed by atoms with Crippen LogP contribution < -0.4 is 10.1 Å². The average molecular weight is 282 g/mol. The van der Waals surface area contributed by atoms with Crippen molar-refractivity contribution >= 4 is 10.8 Å². The van der Waals surface area contributed by atoms with Crippen LogP contribution in [-0.2, 0) is 6.54 Å². The van der Waals surface area contributed by atoms with E-state index in [1.165, 1.54) is 42.5 Å². The molecule has 0 saturated carbocycles. The Hall–Kier alpha value is -1.58. The molecule has 0 radical (unpaired) electrons. The SMILES string of the molecule is COc1ccc2ccccc2c1CN1C[C@H]2CNC[C@H]2C1. The van der Waals surface area contributed by atoms with E-state index < -0.39 is 0 Å². The van der Waals surface area contributed by atoms with E-state index in [0.717, 1.165) is 24.1 Å². The lowest BCUT2D eigenvalue weighted by molar-refractivity contribution is 0.299. The van der Waals surface area contributed by atoms with Crippen LogP contribution in [0, 0.1) is 11.8 Å². The highest BCUT2D eigenvalue weighted by molar-refractivity contribution is 5.87. The molecule has 2 aromatic rings. The zero-order valence-electron chi connectivity index (χ0n) is 12.5. The summed E-state index contributed by atoms with van der Waals surface area (Å²) in [6.07, 6.45) is 0. The van der Waals surface area contributed by atoms with E-state index in [1.807, 2.05) is 0 Å². The first-order valence-electron chi connectivity index (χ1n) is 7.83. The number of methoxy groups -OCH3 is 1. The normalized spacial score (nSPS) is 25.4. The predicted octanol–water partition coefficient (Wildman–Crippen LogP) is 2.50. The summed E-state index contributed by atoms with van der Waals surface area (Å²) in [6.45, 7) is 5.80. The van der Waals surface area contributed by atoms with Crippen molar-refractivity contribution in [1.29, 1.82) is 0 Å². The average Bonchev–Trinajstić information content (AvgIpc) is 3.09. The second kappa shape index (κ2) is 5.32. The molecule has 0 aliphatic carbocycles. The Balaban J connectivity index is 1.66. The van der Waals surface area contributed by atoms with Crippen LogP contribution in [0.25, 0.3) is 10.8 Å². The number of nitrogens with one attached hydrogen (secondary N) is 1. The van der Waals surface area contributed by atoms with Crippen molar-refractivity contribution in [2.75, 3.05) is 33.3 Å². The largest absolute Gasteiger partial charge is 0.496 e. The maximum Gasteiger partial charge on any atom is 0.123 e. The Morgan fingerprint density at radius 3 is 2.62 bits per heavy atom. The third-order valence-corrected chi connectivity index (χ3v) is 5.06. The molecule has 2 fully saturated rings. The summed E-state index contributed by atoms with van der Waals surface area (Å²) in [5, 5.41) is 6.14. The Labute approximate surface area is 125 Å². The highest BCUT2D eigenvalue weighted by Gasteiger charge is 2.36. The first kappa shape index (κ1) is 13.1. The standard InChI is InChI=1S/C18H22N2O/c1-21-18-7-6-13-4-2-3-5-16(13)17(18)12-20-10-14-8-19-9-15(14)11-20/h2-7,14-15,19H,8-12H2,1H3/t14-,15+. The number of hydrogen-bond donors (Lipinski definition) is 1. The minimum atomic E-state index is 0.839. The number of fused-ring (bicyclic) bond motifs is 2. The van der Waals surface area contributed by atoms with E-state index in [4.69, 9.17) is 4.74 Å². The van der Waals surface area contributed by atoms with Gasteiger partial charge in [-0.2, -0.15) is 0 Å². The second-order valence-corrected chi connectivity index (χ2v) is 6.34. The Morgan fingerprint density at radius 2 is 1.86 bits per heavy atom. The van der Waals surface area contributed by atoms with Gasteiger partial charge in [0.1, 0.15) is 5.75 Å². The fourth-order valence-corrected chi connectivity index (χ4v) is 3.98. The molecule has 0 spiro atoms. The maximum atomic E-state index is 5.62. The first-order chi connectivity index (χ1) is 10.3. The summed E-state index contributed by atoms with van der Waals surface area (Å²) < 4.78 is 5.62. The number of rotatable bonds is 3. The number of likely N-dealkylation sites (tertiary alicyclic amines) is 1. The van der Waals surface area contributed by atoms with E-state index in [1.54, 1.807) is 7.11 Å². The first-order valence-corrected chi connectivity index (χ1v) is 7.83. The third kappa shape index (κ3) is 2.30. The molecule has 1 N–H and O–H groups in total. The highest BCUT2D eigenvalue weighted by atomic mass is 16.5. The van der Waals surface area contributed by atoms with Gasteiger partial charge in [-0.1, -0.05) is 30.3 Å². The molecule has 2 aliphatic heterocycles. The summed E-state index contributed by atoms with van der Waals surface area (Å²) in [5.74, 6) is 2.70. The summed E-state index contributed by atoms with van der Waals surface area (Å²) in [7, 11) is 1.77. The Morgan fingerprint density at radius 1 is 1.10 bits per heavy atom. The summed E-state index contributed by atoms with van der Waals surface area (Å²) in [5.41, 5.74) is 1.34. The number of benzene rings is 2. The van der Waals surface area contributed by atoms with Crippen LogP contribution in [0.1, 0.15) is 5.56 Å². The molecular formula is C18H22N2O. The fourth-order valence-electron chi connectivity index (χ4n) is 3.98. The molecule has 0 unspecified atom stereocenters. The van der Waals surface area contributed by atoms with Crippen LogP contribution in [0.3, 0.4) is 0 Å². The molecule has 3 nitrogen and oxygen atoms in total. The topological polar surface area (TPSA) is 24.5 Å². The highest BCUT2D eigenvalue weighted by Crippen LogP contribution is 2.33. The molecule has 110 valence electrons. The van der Waals surface area contributed by atoms with Gasteiger partial charge in [-0.15, -0.1) is 0 Å². The van der Waals surface area contributed by atoms with Crippen molar-refractivity contribution in [3.8, 4) is 5.75 Å². The van der Waals surface area contributed by atoms with Crippen molar-refractivity contribution in [3.05, 3.63) is 42.0 Å². The van der Waals surface area contributed by atoms with Gasteiger partial charge in [-0.25, -0.2) is 0 Å². The molecule has 2 aromatic carbocycles. The molecule has 2 atom stereocenters. The Bertz CT molecular complexity index is 643. The zero-order valence-corrected chi connectivity index (χ0v) is 12.5. The Kier molecular flexibility index (Phi) is 3.32.